The van der Waals surface area contributed by atoms with Crippen molar-refractivity contribution in [3.05, 3.63) is 29.8 Å². The van der Waals surface area contributed by atoms with Gasteiger partial charge in [0.2, 0.25) is 0 Å². The van der Waals surface area contributed by atoms with E-state index >= 15 is 0 Å². The second-order valence-electron chi connectivity index (χ2n) is 2.77. The number of nitrogens with one attached hydrogen (secondary N) is 1. The molecule has 0 saturated carbocycles. The highest BCUT2D eigenvalue weighted by Crippen LogP contribution is 2.08. The van der Waals surface area contributed by atoms with Crippen LogP contribution in [0.2, 0.25) is 0 Å². The van der Waals surface area contributed by atoms with Gasteiger partial charge in [0.1, 0.15) is 0 Å². The number of anilines is 1. The molecule has 1 rings (SSSR count). The van der Waals surface area contributed by atoms with Gasteiger partial charge in [0.15, 0.2) is 0 Å². The average molecular weight is 181 g/mol. The van der Waals surface area contributed by atoms with Crippen LogP contribution in [0.3, 0.4) is 0 Å². The summed E-state index contributed by atoms with van der Waals surface area (Å²) in [6, 6.07) is 7.69. The molecule has 72 valence electrons. The molecule has 0 saturated heterocycles. The number of benzene rings is 1. The van der Waals surface area contributed by atoms with Gasteiger partial charge in [-0.3, -0.25) is 0 Å². The fourth-order valence-electron chi connectivity index (χ4n) is 1.03. The van der Waals surface area contributed by atoms with Crippen molar-refractivity contribution in [1.29, 1.82) is 0 Å². The molecule has 0 fully saturated rings. The van der Waals surface area contributed by atoms with Crippen molar-refractivity contribution in [3.8, 4) is 0 Å². The molecular formula is C10H15NO2. The lowest BCUT2D eigenvalue weighted by Gasteiger charge is -2.05. The largest absolute Gasteiger partial charge is 0.392 e. The maximum absolute atomic E-state index is 8.80. The molecule has 0 spiro atoms. The van der Waals surface area contributed by atoms with Gasteiger partial charge in [0.05, 0.1) is 13.2 Å². The highest BCUT2D eigenvalue weighted by molar-refractivity contribution is 5.44. The molecule has 0 unspecified atom stereocenters. The minimum Gasteiger partial charge on any atom is -0.392 e. The number of ether oxygens (including phenoxy) is 1. The van der Waals surface area contributed by atoms with Crippen molar-refractivity contribution in [2.75, 3.05) is 25.6 Å². The SMILES string of the molecule is COCCNc1ccc(CO)cc1. The van der Waals surface area contributed by atoms with Gasteiger partial charge < -0.3 is 15.2 Å². The zero-order valence-corrected chi connectivity index (χ0v) is 7.79. The van der Waals surface area contributed by atoms with Gasteiger partial charge in [0, 0.05) is 19.3 Å². The van der Waals surface area contributed by atoms with E-state index in [0.717, 1.165) is 17.8 Å². The van der Waals surface area contributed by atoms with Gasteiger partial charge in [-0.05, 0) is 17.7 Å². The first kappa shape index (κ1) is 10.0. The lowest BCUT2D eigenvalue weighted by molar-refractivity contribution is 0.211. The second-order valence-corrected chi connectivity index (χ2v) is 2.77. The topological polar surface area (TPSA) is 41.5 Å². The van der Waals surface area contributed by atoms with Crippen LogP contribution in [0.15, 0.2) is 24.3 Å². The third-order valence-corrected chi connectivity index (χ3v) is 1.77. The Morgan fingerprint density at radius 3 is 2.54 bits per heavy atom. The van der Waals surface area contributed by atoms with Crippen LogP contribution in [0.1, 0.15) is 5.56 Å². The molecular weight excluding hydrogens is 166 g/mol. The second kappa shape index (κ2) is 5.56. The van der Waals surface area contributed by atoms with E-state index in [-0.39, 0.29) is 6.61 Å². The van der Waals surface area contributed by atoms with Crippen molar-refractivity contribution in [3.63, 3.8) is 0 Å². The molecule has 2 N–H and O–H groups in total. The van der Waals surface area contributed by atoms with Crippen LogP contribution in [0.5, 0.6) is 0 Å². The molecule has 0 aliphatic heterocycles. The summed E-state index contributed by atoms with van der Waals surface area (Å²) in [5.41, 5.74) is 1.98. The molecule has 0 amide bonds. The summed E-state index contributed by atoms with van der Waals surface area (Å²) < 4.78 is 4.91. The number of methoxy groups -OCH3 is 1. The Morgan fingerprint density at radius 1 is 1.31 bits per heavy atom. The molecule has 0 bridgehead atoms. The van der Waals surface area contributed by atoms with Gasteiger partial charge in [-0.25, -0.2) is 0 Å². The summed E-state index contributed by atoms with van der Waals surface area (Å²) in [6.45, 7) is 1.59. The molecule has 13 heavy (non-hydrogen) atoms. The van der Waals surface area contributed by atoms with E-state index in [1.165, 1.54) is 0 Å². The number of rotatable bonds is 5. The summed E-state index contributed by atoms with van der Waals surface area (Å²) in [5.74, 6) is 0. The lowest BCUT2D eigenvalue weighted by atomic mass is 10.2. The van der Waals surface area contributed by atoms with Crippen LogP contribution < -0.4 is 5.32 Å². The molecule has 1 aromatic carbocycles. The van der Waals surface area contributed by atoms with Crippen molar-refractivity contribution < 1.29 is 9.84 Å². The Morgan fingerprint density at radius 2 is 2.00 bits per heavy atom. The summed E-state index contributed by atoms with van der Waals surface area (Å²) in [4.78, 5) is 0. The highest BCUT2D eigenvalue weighted by Gasteiger charge is 1.91. The van der Waals surface area contributed by atoms with Gasteiger partial charge >= 0.3 is 0 Å². The smallest absolute Gasteiger partial charge is 0.0681 e. The van der Waals surface area contributed by atoms with Crippen LogP contribution in [0.4, 0.5) is 5.69 Å². The third kappa shape index (κ3) is 3.44. The van der Waals surface area contributed by atoms with E-state index in [2.05, 4.69) is 5.32 Å². The third-order valence-electron chi connectivity index (χ3n) is 1.77. The molecule has 3 heteroatoms. The van der Waals surface area contributed by atoms with E-state index in [0.29, 0.717) is 6.61 Å². The average Bonchev–Trinajstić information content (AvgIpc) is 2.19. The molecule has 0 radical (unpaired) electrons. The maximum atomic E-state index is 8.80. The van der Waals surface area contributed by atoms with E-state index in [1.807, 2.05) is 24.3 Å². The van der Waals surface area contributed by atoms with Crippen molar-refractivity contribution in [2.24, 2.45) is 0 Å². The fourth-order valence-corrected chi connectivity index (χ4v) is 1.03. The van der Waals surface area contributed by atoms with Crippen LogP contribution in [0, 0.1) is 0 Å². The van der Waals surface area contributed by atoms with Crippen LogP contribution >= 0.6 is 0 Å². The zero-order chi connectivity index (χ0) is 9.52. The molecule has 0 heterocycles. The molecule has 0 atom stereocenters. The Labute approximate surface area is 78.3 Å². The molecule has 0 aromatic heterocycles. The van der Waals surface area contributed by atoms with Crippen molar-refractivity contribution in [2.45, 2.75) is 6.61 Å². The first-order valence-electron chi connectivity index (χ1n) is 4.29. The standard InChI is InChI=1S/C10H15NO2/c1-13-7-6-11-10-4-2-9(8-12)3-5-10/h2-5,11-12H,6-8H2,1H3. The number of hydrogen-bond donors (Lipinski definition) is 2. The molecule has 1 aromatic rings. The summed E-state index contributed by atoms with van der Waals surface area (Å²) in [6.07, 6.45) is 0. The first-order chi connectivity index (χ1) is 6.36. The quantitative estimate of drug-likeness (QED) is 0.671. The van der Waals surface area contributed by atoms with Crippen LogP contribution in [-0.2, 0) is 11.3 Å². The summed E-state index contributed by atoms with van der Waals surface area (Å²) >= 11 is 0. The first-order valence-corrected chi connectivity index (χ1v) is 4.29. The zero-order valence-electron chi connectivity index (χ0n) is 7.79. The Bertz CT molecular complexity index is 233. The van der Waals surface area contributed by atoms with Gasteiger partial charge in [-0.2, -0.15) is 0 Å². The van der Waals surface area contributed by atoms with E-state index < -0.39 is 0 Å². The summed E-state index contributed by atoms with van der Waals surface area (Å²) in [7, 11) is 1.68. The monoisotopic (exact) mass is 181 g/mol. The van der Waals surface area contributed by atoms with E-state index in [1.54, 1.807) is 7.11 Å². The minimum absolute atomic E-state index is 0.0956. The van der Waals surface area contributed by atoms with Gasteiger partial charge in [0.25, 0.3) is 0 Å². The fraction of sp³-hybridized carbons (Fsp3) is 0.400. The van der Waals surface area contributed by atoms with Gasteiger partial charge in [-0.1, -0.05) is 12.1 Å². The lowest BCUT2D eigenvalue weighted by Crippen LogP contribution is -2.07. The predicted molar refractivity (Wildman–Crippen MR) is 52.7 cm³/mol. The Kier molecular flexibility index (Phi) is 4.29. The van der Waals surface area contributed by atoms with E-state index in [4.69, 9.17) is 9.84 Å². The van der Waals surface area contributed by atoms with Crippen molar-refractivity contribution in [1.82, 2.24) is 0 Å². The molecule has 0 aliphatic carbocycles. The number of hydrogen-bond acceptors (Lipinski definition) is 3. The van der Waals surface area contributed by atoms with Gasteiger partial charge in [-0.15, -0.1) is 0 Å². The molecule has 0 aliphatic rings. The van der Waals surface area contributed by atoms with Crippen molar-refractivity contribution >= 4 is 5.69 Å². The molecule has 3 nitrogen and oxygen atoms in total. The van der Waals surface area contributed by atoms with Crippen LogP contribution in [0.25, 0.3) is 0 Å². The normalized spacial score (nSPS) is 10.0. The Balaban J connectivity index is 2.40. The maximum Gasteiger partial charge on any atom is 0.0681 e. The predicted octanol–water partition coefficient (Wildman–Crippen LogP) is 1.24. The highest BCUT2D eigenvalue weighted by atomic mass is 16.5. The van der Waals surface area contributed by atoms with Crippen LogP contribution in [-0.4, -0.2) is 25.4 Å². The summed E-state index contributed by atoms with van der Waals surface area (Å²) in [5, 5.41) is 12.0. The number of aliphatic hydroxyl groups excluding tert-OH is 1. The Hall–Kier alpha value is -1.06. The van der Waals surface area contributed by atoms with E-state index in [9.17, 15) is 0 Å². The minimum atomic E-state index is 0.0956. The number of aliphatic hydroxyl groups is 1.